The van der Waals surface area contributed by atoms with Crippen LogP contribution in [-0.2, 0) is 0 Å². The maximum atomic E-state index is 10.9. The number of fused-ring (bicyclic) bond motifs is 1. The fraction of sp³-hybridized carbons (Fsp3) is 0.167. The Balaban J connectivity index is 2.16. The van der Waals surface area contributed by atoms with Gasteiger partial charge in [-0.3, -0.25) is 0 Å². The van der Waals surface area contributed by atoms with Crippen molar-refractivity contribution in [2.75, 3.05) is 0 Å². The highest BCUT2D eigenvalue weighted by molar-refractivity contribution is 5.91. The van der Waals surface area contributed by atoms with Gasteiger partial charge in [-0.1, -0.05) is 0 Å². The number of carboxylic acid groups (broad SMARTS) is 1. The number of nitrogens with one attached hydrogen (secondary N) is 1. The average molecular weight is 258 g/mol. The topological polar surface area (TPSA) is 105 Å². The van der Waals surface area contributed by atoms with Crippen LogP contribution in [0, 0.1) is 13.8 Å². The monoisotopic (exact) mass is 258 g/mol. The number of carbonyl (C=O) groups is 1. The molecule has 0 amide bonds. The highest BCUT2D eigenvalue weighted by Crippen LogP contribution is 2.23. The van der Waals surface area contributed by atoms with Crippen LogP contribution in [0.3, 0.4) is 0 Å². The van der Waals surface area contributed by atoms with Crippen LogP contribution in [0.1, 0.15) is 21.9 Å². The molecule has 0 aliphatic rings. The highest BCUT2D eigenvalue weighted by atomic mass is 16.4. The molecule has 0 aliphatic heterocycles. The van der Waals surface area contributed by atoms with Crippen molar-refractivity contribution < 1.29 is 14.3 Å². The number of aromatic carboxylic acids is 1. The van der Waals surface area contributed by atoms with Crippen LogP contribution in [0.25, 0.3) is 22.7 Å². The molecule has 0 saturated carbocycles. The van der Waals surface area contributed by atoms with Crippen molar-refractivity contribution in [3.05, 3.63) is 29.4 Å². The molecule has 0 atom stereocenters. The first-order valence-electron chi connectivity index (χ1n) is 5.58. The minimum Gasteiger partial charge on any atom is -0.478 e. The molecule has 0 aromatic carbocycles. The second-order valence-corrected chi connectivity index (χ2v) is 4.13. The molecule has 3 aromatic heterocycles. The van der Waals surface area contributed by atoms with E-state index in [1.807, 2.05) is 6.92 Å². The number of oxazole rings is 1. The van der Waals surface area contributed by atoms with E-state index < -0.39 is 5.97 Å². The van der Waals surface area contributed by atoms with E-state index in [4.69, 9.17) is 9.52 Å². The number of imidazole rings is 1. The first kappa shape index (κ1) is 11.4. The zero-order chi connectivity index (χ0) is 13.6. The van der Waals surface area contributed by atoms with Crippen molar-refractivity contribution in [1.82, 2.24) is 19.9 Å². The Morgan fingerprint density at radius 3 is 2.79 bits per heavy atom. The average Bonchev–Trinajstić information content (AvgIpc) is 2.90. The third kappa shape index (κ3) is 1.85. The van der Waals surface area contributed by atoms with Gasteiger partial charge in [0.05, 0.1) is 16.8 Å². The van der Waals surface area contributed by atoms with Gasteiger partial charge in [-0.15, -0.1) is 0 Å². The summed E-state index contributed by atoms with van der Waals surface area (Å²) in [6.07, 6.45) is 1.27. The van der Waals surface area contributed by atoms with Gasteiger partial charge in [0.15, 0.2) is 23.1 Å². The van der Waals surface area contributed by atoms with E-state index in [1.54, 1.807) is 6.92 Å². The number of rotatable bonds is 2. The molecular formula is C12H10N4O3. The summed E-state index contributed by atoms with van der Waals surface area (Å²) in [5, 5.41) is 8.91. The van der Waals surface area contributed by atoms with Gasteiger partial charge in [-0.2, -0.15) is 0 Å². The maximum Gasteiger partial charge on any atom is 0.337 e. The molecule has 0 bridgehead atoms. The largest absolute Gasteiger partial charge is 0.478 e. The summed E-state index contributed by atoms with van der Waals surface area (Å²) < 4.78 is 5.46. The van der Waals surface area contributed by atoms with E-state index >= 15 is 0 Å². The summed E-state index contributed by atoms with van der Waals surface area (Å²) in [5.74, 6) is 0.542. The number of aromatic nitrogens is 4. The highest BCUT2D eigenvalue weighted by Gasteiger charge is 2.15. The number of aryl methyl sites for hydroxylation is 2. The van der Waals surface area contributed by atoms with Crippen molar-refractivity contribution in [3.8, 4) is 11.6 Å². The van der Waals surface area contributed by atoms with Crippen molar-refractivity contribution in [2.24, 2.45) is 0 Å². The molecule has 96 valence electrons. The van der Waals surface area contributed by atoms with E-state index in [0.717, 1.165) is 5.69 Å². The zero-order valence-corrected chi connectivity index (χ0v) is 10.3. The van der Waals surface area contributed by atoms with E-state index in [0.29, 0.717) is 28.6 Å². The minimum atomic E-state index is -1.03. The van der Waals surface area contributed by atoms with Gasteiger partial charge in [0.2, 0.25) is 0 Å². The van der Waals surface area contributed by atoms with Gasteiger partial charge in [0.25, 0.3) is 0 Å². The Morgan fingerprint density at radius 2 is 2.16 bits per heavy atom. The normalized spacial score (nSPS) is 11.1. The number of pyridine rings is 1. The second kappa shape index (κ2) is 3.91. The van der Waals surface area contributed by atoms with Gasteiger partial charge in [-0.25, -0.2) is 19.7 Å². The van der Waals surface area contributed by atoms with Crippen molar-refractivity contribution >= 4 is 17.1 Å². The van der Waals surface area contributed by atoms with Gasteiger partial charge in [-0.05, 0) is 13.0 Å². The molecule has 0 spiro atoms. The van der Waals surface area contributed by atoms with Crippen LogP contribution < -0.4 is 0 Å². The van der Waals surface area contributed by atoms with Crippen LogP contribution >= 0.6 is 0 Å². The van der Waals surface area contributed by atoms with Crippen molar-refractivity contribution in [2.45, 2.75) is 13.8 Å². The molecule has 0 unspecified atom stereocenters. The predicted octanol–water partition coefficient (Wildman–Crippen LogP) is 1.93. The number of aromatic amines is 1. The Hall–Kier alpha value is -2.70. The number of hydrogen-bond donors (Lipinski definition) is 2. The lowest BCUT2D eigenvalue weighted by Gasteiger charge is -1.91. The van der Waals surface area contributed by atoms with Gasteiger partial charge in [0.1, 0.15) is 0 Å². The fourth-order valence-electron chi connectivity index (χ4n) is 1.88. The van der Waals surface area contributed by atoms with E-state index in [1.165, 1.54) is 12.3 Å². The Kier molecular flexibility index (Phi) is 2.34. The Bertz CT molecular complexity index is 787. The molecule has 2 N–H and O–H groups in total. The molecule has 3 heterocycles. The molecule has 3 rings (SSSR count). The molecule has 3 aromatic rings. The van der Waals surface area contributed by atoms with Crippen molar-refractivity contribution in [1.29, 1.82) is 0 Å². The van der Waals surface area contributed by atoms with E-state index in [2.05, 4.69) is 19.9 Å². The molecule has 0 fully saturated rings. The summed E-state index contributed by atoms with van der Waals surface area (Å²) in [6, 6.07) is 1.49. The number of nitrogens with zero attached hydrogens (tertiary/aromatic N) is 3. The summed E-state index contributed by atoms with van der Waals surface area (Å²) in [7, 11) is 0. The van der Waals surface area contributed by atoms with Crippen LogP contribution in [0.4, 0.5) is 0 Å². The van der Waals surface area contributed by atoms with Gasteiger partial charge in [0, 0.05) is 13.1 Å². The molecule has 0 aliphatic carbocycles. The third-order valence-electron chi connectivity index (χ3n) is 2.70. The SMILES string of the molecule is Cc1nc(C)c(-c2nc3ncc(C(=O)O)cc3[nH]2)o1. The van der Waals surface area contributed by atoms with Crippen LogP contribution in [-0.4, -0.2) is 31.0 Å². The Morgan fingerprint density at radius 1 is 1.37 bits per heavy atom. The van der Waals surface area contributed by atoms with E-state index in [-0.39, 0.29) is 5.56 Å². The zero-order valence-electron chi connectivity index (χ0n) is 10.3. The molecule has 7 heteroatoms. The lowest BCUT2D eigenvalue weighted by atomic mass is 10.3. The molecule has 19 heavy (non-hydrogen) atoms. The summed E-state index contributed by atoms with van der Waals surface area (Å²) in [5.41, 5.74) is 1.81. The summed E-state index contributed by atoms with van der Waals surface area (Å²) in [6.45, 7) is 3.56. The number of hydrogen-bond acceptors (Lipinski definition) is 5. The minimum absolute atomic E-state index is 0.105. The molecule has 7 nitrogen and oxygen atoms in total. The Labute approximate surface area is 107 Å². The first-order chi connectivity index (χ1) is 9.04. The van der Waals surface area contributed by atoms with Gasteiger partial charge >= 0.3 is 5.97 Å². The number of H-pyrrole nitrogens is 1. The van der Waals surface area contributed by atoms with Crippen molar-refractivity contribution in [3.63, 3.8) is 0 Å². The maximum absolute atomic E-state index is 10.9. The lowest BCUT2D eigenvalue weighted by Crippen LogP contribution is -1.96. The van der Waals surface area contributed by atoms with Crippen LogP contribution in [0.5, 0.6) is 0 Å². The van der Waals surface area contributed by atoms with Crippen LogP contribution in [0.2, 0.25) is 0 Å². The predicted molar refractivity (Wildman–Crippen MR) is 65.8 cm³/mol. The fourth-order valence-corrected chi connectivity index (χ4v) is 1.88. The van der Waals surface area contributed by atoms with E-state index in [9.17, 15) is 4.79 Å². The third-order valence-corrected chi connectivity index (χ3v) is 2.70. The first-order valence-corrected chi connectivity index (χ1v) is 5.58. The summed E-state index contributed by atoms with van der Waals surface area (Å²) >= 11 is 0. The number of carboxylic acids is 1. The molecular weight excluding hydrogens is 248 g/mol. The van der Waals surface area contributed by atoms with Crippen LogP contribution in [0.15, 0.2) is 16.7 Å². The second-order valence-electron chi connectivity index (χ2n) is 4.13. The molecule has 0 saturated heterocycles. The smallest absolute Gasteiger partial charge is 0.337 e. The lowest BCUT2D eigenvalue weighted by molar-refractivity contribution is 0.0696. The summed E-state index contributed by atoms with van der Waals surface area (Å²) in [4.78, 5) is 26.3. The molecule has 0 radical (unpaired) electrons. The quantitative estimate of drug-likeness (QED) is 0.727. The standard InChI is InChI=1S/C12H10N4O3/c1-5-9(19-6(2)14-5)11-15-8-3-7(12(17)18)4-13-10(8)16-11/h3-4H,1-2H3,(H,17,18)(H,13,15,16). The van der Waals surface area contributed by atoms with Gasteiger partial charge < -0.3 is 14.5 Å².